The number of carbonyl (C=O) groups excluding carboxylic acids is 1. The standard InChI is InChI=1S/C12H14O/c1-2-6-12(13)10-9-11-7-4-3-5-8-11/h2-5,7-8H,1,6,9-10H2. The normalized spacial score (nSPS) is 9.54. The lowest BCUT2D eigenvalue weighted by molar-refractivity contribution is -0.118. The summed E-state index contributed by atoms with van der Waals surface area (Å²) in [5.41, 5.74) is 1.22. The maximum Gasteiger partial charge on any atom is 0.136 e. The van der Waals surface area contributed by atoms with Crippen molar-refractivity contribution in [3.05, 3.63) is 48.6 Å². The summed E-state index contributed by atoms with van der Waals surface area (Å²) in [4.78, 5) is 11.1. The molecule has 0 saturated heterocycles. The van der Waals surface area contributed by atoms with E-state index in [2.05, 4.69) is 6.58 Å². The largest absolute Gasteiger partial charge is 0.299 e. The van der Waals surface area contributed by atoms with Gasteiger partial charge in [0, 0.05) is 12.8 Å². The number of hydrogen-bond acceptors (Lipinski definition) is 1. The third-order valence-corrected chi connectivity index (χ3v) is 1.91. The molecule has 0 aliphatic carbocycles. The van der Waals surface area contributed by atoms with Gasteiger partial charge in [-0.3, -0.25) is 4.79 Å². The molecule has 0 bridgehead atoms. The minimum absolute atomic E-state index is 0.263. The quantitative estimate of drug-likeness (QED) is 0.627. The minimum Gasteiger partial charge on any atom is -0.299 e. The van der Waals surface area contributed by atoms with Gasteiger partial charge in [-0.05, 0) is 12.0 Å². The highest BCUT2D eigenvalue weighted by molar-refractivity contribution is 5.79. The van der Waals surface area contributed by atoms with Gasteiger partial charge in [0.2, 0.25) is 0 Å². The number of carbonyl (C=O) groups is 1. The van der Waals surface area contributed by atoms with Crippen LogP contribution in [0.2, 0.25) is 0 Å². The smallest absolute Gasteiger partial charge is 0.136 e. The average molecular weight is 174 g/mol. The van der Waals surface area contributed by atoms with Crippen LogP contribution in [0.25, 0.3) is 0 Å². The molecular weight excluding hydrogens is 160 g/mol. The molecule has 0 heterocycles. The molecule has 0 aromatic heterocycles. The summed E-state index contributed by atoms with van der Waals surface area (Å²) in [6.45, 7) is 3.53. The Morgan fingerprint density at radius 2 is 2.00 bits per heavy atom. The van der Waals surface area contributed by atoms with Gasteiger partial charge >= 0.3 is 0 Å². The Hall–Kier alpha value is -1.37. The van der Waals surface area contributed by atoms with E-state index in [1.54, 1.807) is 6.08 Å². The van der Waals surface area contributed by atoms with E-state index in [1.165, 1.54) is 5.56 Å². The molecule has 0 aliphatic heterocycles. The number of hydrogen-bond donors (Lipinski definition) is 0. The first-order valence-electron chi connectivity index (χ1n) is 4.49. The van der Waals surface area contributed by atoms with Crippen LogP contribution in [0.15, 0.2) is 43.0 Å². The number of allylic oxidation sites excluding steroid dienone is 1. The lowest BCUT2D eigenvalue weighted by Crippen LogP contribution is -1.97. The molecule has 13 heavy (non-hydrogen) atoms. The maximum absolute atomic E-state index is 11.1. The monoisotopic (exact) mass is 174 g/mol. The Labute approximate surface area is 79.1 Å². The lowest BCUT2D eigenvalue weighted by Gasteiger charge is -1.98. The van der Waals surface area contributed by atoms with Crippen molar-refractivity contribution < 1.29 is 4.79 Å². The average Bonchev–Trinajstić information content (AvgIpc) is 2.17. The Kier molecular flexibility index (Phi) is 3.97. The zero-order valence-corrected chi connectivity index (χ0v) is 7.70. The van der Waals surface area contributed by atoms with Crippen molar-refractivity contribution in [2.75, 3.05) is 0 Å². The van der Waals surface area contributed by atoms with Crippen molar-refractivity contribution in [3.8, 4) is 0 Å². The van der Waals surface area contributed by atoms with Gasteiger partial charge in [0.1, 0.15) is 5.78 Å². The summed E-state index contributed by atoms with van der Waals surface area (Å²) in [7, 11) is 0. The number of Topliss-reactive ketones (excluding diaryl/α,β-unsaturated/α-hetero) is 1. The molecule has 1 nitrogen and oxygen atoms in total. The molecule has 0 spiro atoms. The summed E-state index contributed by atoms with van der Waals surface area (Å²) in [5.74, 6) is 0.263. The lowest BCUT2D eigenvalue weighted by atomic mass is 10.1. The van der Waals surface area contributed by atoms with Gasteiger partial charge in [0.15, 0.2) is 0 Å². The highest BCUT2D eigenvalue weighted by atomic mass is 16.1. The second-order valence-electron chi connectivity index (χ2n) is 3.02. The zero-order chi connectivity index (χ0) is 9.52. The third kappa shape index (κ3) is 3.70. The maximum atomic E-state index is 11.1. The Morgan fingerprint density at radius 3 is 2.62 bits per heavy atom. The summed E-state index contributed by atoms with van der Waals surface area (Å²) in [6.07, 6.45) is 3.61. The highest BCUT2D eigenvalue weighted by Crippen LogP contribution is 2.03. The fourth-order valence-corrected chi connectivity index (χ4v) is 1.19. The Bertz CT molecular complexity index is 274. The molecule has 0 saturated carbocycles. The van der Waals surface area contributed by atoms with Crippen LogP contribution < -0.4 is 0 Å². The van der Waals surface area contributed by atoms with E-state index in [0.717, 1.165) is 6.42 Å². The van der Waals surface area contributed by atoms with Crippen LogP contribution in [0.5, 0.6) is 0 Å². The summed E-state index contributed by atoms with van der Waals surface area (Å²) < 4.78 is 0. The van der Waals surface area contributed by atoms with Crippen LogP contribution in [0.4, 0.5) is 0 Å². The Morgan fingerprint density at radius 1 is 1.31 bits per heavy atom. The van der Waals surface area contributed by atoms with Crippen LogP contribution in [-0.2, 0) is 11.2 Å². The first kappa shape index (κ1) is 9.72. The summed E-state index contributed by atoms with van der Waals surface area (Å²) in [5, 5.41) is 0. The van der Waals surface area contributed by atoms with Crippen LogP contribution in [0.1, 0.15) is 18.4 Å². The second kappa shape index (κ2) is 5.31. The molecule has 0 atom stereocenters. The third-order valence-electron chi connectivity index (χ3n) is 1.91. The molecule has 0 amide bonds. The number of benzene rings is 1. The van der Waals surface area contributed by atoms with Gasteiger partial charge < -0.3 is 0 Å². The number of rotatable bonds is 5. The van der Waals surface area contributed by atoms with Gasteiger partial charge in [-0.15, -0.1) is 6.58 Å². The molecule has 1 aromatic carbocycles. The molecule has 0 unspecified atom stereocenters. The van der Waals surface area contributed by atoms with Gasteiger partial charge in [-0.25, -0.2) is 0 Å². The first-order valence-corrected chi connectivity index (χ1v) is 4.49. The van der Waals surface area contributed by atoms with Crippen LogP contribution in [0.3, 0.4) is 0 Å². The Balaban J connectivity index is 2.35. The van der Waals surface area contributed by atoms with Crippen molar-refractivity contribution in [2.24, 2.45) is 0 Å². The van der Waals surface area contributed by atoms with E-state index in [1.807, 2.05) is 30.3 Å². The van der Waals surface area contributed by atoms with Crippen molar-refractivity contribution in [1.29, 1.82) is 0 Å². The van der Waals surface area contributed by atoms with E-state index < -0.39 is 0 Å². The predicted molar refractivity (Wildman–Crippen MR) is 54.6 cm³/mol. The topological polar surface area (TPSA) is 17.1 Å². The van der Waals surface area contributed by atoms with Gasteiger partial charge in [-0.1, -0.05) is 36.4 Å². The van der Waals surface area contributed by atoms with Gasteiger partial charge in [0.25, 0.3) is 0 Å². The number of aryl methyl sites for hydroxylation is 1. The van der Waals surface area contributed by atoms with Crippen molar-refractivity contribution in [3.63, 3.8) is 0 Å². The van der Waals surface area contributed by atoms with E-state index in [-0.39, 0.29) is 5.78 Å². The SMILES string of the molecule is C=CCC(=O)CCc1ccccc1. The van der Waals surface area contributed by atoms with E-state index in [4.69, 9.17) is 0 Å². The molecular formula is C12H14O. The van der Waals surface area contributed by atoms with E-state index in [9.17, 15) is 4.79 Å². The molecule has 1 aromatic rings. The minimum atomic E-state index is 0.263. The van der Waals surface area contributed by atoms with E-state index >= 15 is 0 Å². The van der Waals surface area contributed by atoms with Crippen LogP contribution in [0, 0.1) is 0 Å². The van der Waals surface area contributed by atoms with Crippen molar-refractivity contribution in [1.82, 2.24) is 0 Å². The zero-order valence-electron chi connectivity index (χ0n) is 7.70. The molecule has 0 fully saturated rings. The second-order valence-corrected chi connectivity index (χ2v) is 3.02. The molecule has 0 aliphatic rings. The van der Waals surface area contributed by atoms with Gasteiger partial charge in [0.05, 0.1) is 0 Å². The van der Waals surface area contributed by atoms with Crippen LogP contribution >= 0.6 is 0 Å². The van der Waals surface area contributed by atoms with Crippen molar-refractivity contribution >= 4 is 5.78 Å². The first-order chi connectivity index (χ1) is 6.33. The summed E-state index contributed by atoms with van der Waals surface area (Å²) in [6, 6.07) is 10.1. The molecule has 1 heteroatoms. The number of ketones is 1. The summed E-state index contributed by atoms with van der Waals surface area (Å²) >= 11 is 0. The fraction of sp³-hybridized carbons (Fsp3) is 0.250. The fourth-order valence-electron chi connectivity index (χ4n) is 1.19. The van der Waals surface area contributed by atoms with Crippen LogP contribution in [-0.4, -0.2) is 5.78 Å². The molecule has 1 rings (SSSR count). The van der Waals surface area contributed by atoms with Crippen molar-refractivity contribution in [2.45, 2.75) is 19.3 Å². The predicted octanol–water partition coefficient (Wildman–Crippen LogP) is 2.76. The van der Waals surface area contributed by atoms with Gasteiger partial charge in [-0.2, -0.15) is 0 Å². The highest BCUT2D eigenvalue weighted by Gasteiger charge is 1.99. The molecule has 0 N–H and O–H groups in total. The molecule has 68 valence electrons. The molecule has 0 radical (unpaired) electrons. The van der Waals surface area contributed by atoms with E-state index in [0.29, 0.717) is 12.8 Å².